The fraction of sp³-hybridized carbons (Fsp3) is 0.182. The lowest BCUT2D eigenvalue weighted by molar-refractivity contribution is 0.0587. The van der Waals surface area contributed by atoms with E-state index in [1.807, 2.05) is 0 Å². The summed E-state index contributed by atoms with van der Waals surface area (Å²) in [5.41, 5.74) is 1.14. The molecule has 0 bridgehead atoms. The van der Waals surface area contributed by atoms with Crippen LogP contribution in [-0.4, -0.2) is 51.3 Å². The molecule has 172 valence electrons. The zero-order valence-corrected chi connectivity index (χ0v) is 19.1. The topological polar surface area (TPSA) is 125 Å². The van der Waals surface area contributed by atoms with Crippen molar-refractivity contribution in [2.24, 2.45) is 0 Å². The number of ether oxygens (including phenoxy) is 4. The summed E-state index contributed by atoms with van der Waals surface area (Å²) < 4.78 is 19.9. The van der Waals surface area contributed by atoms with Crippen LogP contribution in [0, 0.1) is 0 Å². The van der Waals surface area contributed by atoms with Crippen LogP contribution >= 0.6 is 11.3 Å². The molecule has 0 fully saturated rings. The monoisotopic (exact) mass is 471 g/mol. The molecule has 0 unspecified atom stereocenters. The Balaban J connectivity index is 1.81. The van der Waals surface area contributed by atoms with Crippen LogP contribution in [0.3, 0.4) is 0 Å². The second-order valence-corrected chi connectivity index (χ2v) is 7.29. The molecule has 1 aromatic heterocycles. The van der Waals surface area contributed by atoms with Crippen LogP contribution in [-0.2, 0) is 9.47 Å². The Labute approximate surface area is 193 Å². The summed E-state index contributed by atoms with van der Waals surface area (Å²) >= 11 is 1.21. The third-order valence-electron chi connectivity index (χ3n) is 4.47. The standard InChI is InChI=1S/C22H21N3O7S/c1-29-17-8-6-13(10-18(17)30-2)23-22-25-16(11-33-22)19(26)24-15-9-12(20(27)31-3)5-7-14(15)21(28)32-4/h5-11H,1-4H3,(H,23,25)(H,24,26). The van der Waals surface area contributed by atoms with Gasteiger partial charge in [0.2, 0.25) is 0 Å². The number of thiazole rings is 1. The van der Waals surface area contributed by atoms with Crippen molar-refractivity contribution >= 4 is 45.7 Å². The Hall–Kier alpha value is -4.12. The van der Waals surface area contributed by atoms with Crippen LogP contribution in [0.2, 0.25) is 0 Å². The molecule has 3 aromatic rings. The van der Waals surface area contributed by atoms with Gasteiger partial charge >= 0.3 is 11.9 Å². The van der Waals surface area contributed by atoms with Gasteiger partial charge in [0.1, 0.15) is 5.69 Å². The number of rotatable bonds is 8. The van der Waals surface area contributed by atoms with Gasteiger partial charge in [-0.2, -0.15) is 0 Å². The van der Waals surface area contributed by atoms with Gasteiger partial charge in [-0.15, -0.1) is 11.3 Å². The second-order valence-electron chi connectivity index (χ2n) is 6.43. The van der Waals surface area contributed by atoms with Crippen LogP contribution in [0.4, 0.5) is 16.5 Å². The first-order valence-electron chi connectivity index (χ1n) is 9.46. The molecular weight excluding hydrogens is 450 g/mol. The zero-order chi connectivity index (χ0) is 24.0. The lowest BCUT2D eigenvalue weighted by atomic mass is 10.1. The molecule has 0 aliphatic carbocycles. The minimum Gasteiger partial charge on any atom is -0.493 e. The van der Waals surface area contributed by atoms with E-state index < -0.39 is 17.8 Å². The number of hydrogen-bond acceptors (Lipinski definition) is 10. The summed E-state index contributed by atoms with van der Waals surface area (Å²) in [5.74, 6) is -0.734. The molecule has 0 radical (unpaired) electrons. The first-order valence-corrected chi connectivity index (χ1v) is 10.3. The fourth-order valence-electron chi connectivity index (χ4n) is 2.84. The molecule has 0 aliphatic rings. The Kier molecular flexibility index (Phi) is 7.46. The van der Waals surface area contributed by atoms with E-state index in [0.29, 0.717) is 22.3 Å². The van der Waals surface area contributed by atoms with Gasteiger partial charge in [-0.05, 0) is 30.3 Å². The summed E-state index contributed by atoms with van der Waals surface area (Å²) in [6.45, 7) is 0. The highest BCUT2D eigenvalue weighted by molar-refractivity contribution is 7.14. The van der Waals surface area contributed by atoms with E-state index in [9.17, 15) is 14.4 Å². The van der Waals surface area contributed by atoms with Crippen LogP contribution in [0.1, 0.15) is 31.2 Å². The lowest BCUT2D eigenvalue weighted by Gasteiger charge is -2.11. The molecular formula is C22H21N3O7S. The van der Waals surface area contributed by atoms with Gasteiger partial charge in [-0.1, -0.05) is 0 Å². The molecule has 0 saturated carbocycles. The predicted molar refractivity (Wildman–Crippen MR) is 122 cm³/mol. The maximum atomic E-state index is 12.8. The average molecular weight is 471 g/mol. The third-order valence-corrected chi connectivity index (χ3v) is 5.22. The van der Waals surface area contributed by atoms with Crippen molar-refractivity contribution in [1.29, 1.82) is 0 Å². The summed E-state index contributed by atoms with van der Waals surface area (Å²) in [5, 5.41) is 7.72. The van der Waals surface area contributed by atoms with Gasteiger partial charge in [0.25, 0.3) is 5.91 Å². The highest BCUT2D eigenvalue weighted by Gasteiger charge is 2.19. The quantitative estimate of drug-likeness (QED) is 0.473. The number of aromatic nitrogens is 1. The van der Waals surface area contributed by atoms with E-state index in [0.717, 1.165) is 0 Å². The van der Waals surface area contributed by atoms with Gasteiger partial charge < -0.3 is 29.6 Å². The number of esters is 2. The van der Waals surface area contributed by atoms with E-state index in [4.69, 9.17) is 18.9 Å². The van der Waals surface area contributed by atoms with Gasteiger partial charge in [0.15, 0.2) is 16.6 Å². The van der Waals surface area contributed by atoms with Gasteiger partial charge in [0.05, 0.1) is 45.3 Å². The van der Waals surface area contributed by atoms with Crippen molar-refractivity contribution in [3.63, 3.8) is 0 Å². The smallest absolute Gasteiger partial charge is 0.339 e. The number of nitrogens with one attached hydrogen (secondary N) is 2. The third kappa shape index (κ3) is 5.39. The number of hydrogen-bond donors (Lipinski definition) is 2. The summed E-state index contributed by atoms with van der Waals surface area (Å²) in [6.07, 6.45) is 0. The molecule has 1 amide bonds. The first-order chi connectivity index (χ1) is 15.9. The average Bonchev–Trinajstić information content (AvgIpc) is 3.31. The molecule has 0 aliphatic heterocycles. The highest BCUT2D eigenvalue weighted by atomic mass is 32.1. The minimum absolute atomic E-state index is 0.0809. The van der Waals surface area contributed by atoms with Crippen molar-refractivity contribution < 1.29 is 33.3 Å². The fourth-order valence-corrected chi connectivity index (χ4v) is 3.55. The van der Waals surface area contributed by atoms with Crippen LogP contribution in [0.15, 0.2) is 41.8 Å². The second kappa shape index (κ2) is 10.5. The zero-order valence-electron chi connectivity index (χ0n) is 18.3. The largest absolute Gasteiger partial charge is 0.493 e. The summed E-state index contributed by atoms with van der Waals surface area (Å²) in [4.78, 5) is 41.0. The normalized spacial score (nSPS) is 10.2. The SMILES string of the molecule is COC(=O)c1ccc(C(=O)OC)c(NC(=O)c2csc(Nc3ccc(OC)c(OC)c3)n2)c1. The minimum atomic E-state index is -0.671. The molecule has 10 nitrogen and oxygen atoms in total. The molecule has 33 heavy (non-hydrogen) atoms. The van der Waals surface area contributed by atoms with Gasteiger partial charge in [0, 0.05) is 17.1 Å². The molecule has 0 saturated heterocycles. The number of carbonyl (C=O) groups is 3. The van der Waals surface area contributed by atoms with Crippen LogP contribution in [0.5, 0.6) is 11.5 Å². The Morgan fingerprint density at radius 1 is 0.879 bits per heavy atom. The molecule has 1 heterocycles. The lowest BCUT2D eigenvalue weighted by Crippen LogP contribution is -2.17. The summed E-state index contributed by atoms with van der Waals surface area (Å²) in [7, 11) is 5.53. The van der Waals surface area contributed by atoms with Crippen molar-refractivity contribution in [2.75, 3.05) is 39.1 Å². The number of amides is 1. The Bertz CT molecular complexity index is 1190. The predicted octanol–water partition coefficient (Wildman–Crippen LogP) is 3.73. The Morgan fingerprint density at radius 2 is 1.61 bits per heavy atom. The number of anilines is 3. The maximum absolute atomic E-state index is 12.8. The molecule has 2 aromatic carbocycles. The van der Waals surface area contributed by atoms with Crippen LogP contribution in [0.25, 0.3) is 0 Å². The van der Waals surface area contributed by atoms with E-state index in [-0.39, 0.29) is 22.5 Å². The summed E-state index contributed by atoms with van der Waals surface area (Å²) in [6, 6.07) is 9.38. The molecule has 0 atom stereocenters. The molecule has 11 heteroatoms. The number of methoxy groups -OCH3 is 4. The van der Waals surface area contributed by atoms with Gasteiger partial charge in [-0.25, -0.2) is 14.6 Å². The van der Waals surface area contributed by atoms with Crippen molar-refractivity contribution in [2.45, 2.75) is 0 Å². The van der Waals surface area contributed by atoms with Crippen molar-refractivity contribution in [3.8, 4) is 11.5 Å². The number of benzene rings is 2. The van der Waals surface area contributed by atoms with Crippen molar-refractivity contribution in [1.82, 2.24) is 4.98 Å². The van der Waals surface area contributed by atoms with Crippen molar-refractivity contribution in [3.05, 3.63) is 58.6 Å². The number of nitrogens with zero attached hydrogens (tertiary/aromatic N) is 1. The molecule has 3 rings (SSSR count). The van der Waals surface area contributed by atoms with E-state index in [2.05, 4.69) is 15.6 Å². The maximum Gasteiger partial charge on any atom is 0.339 e. The molecule has 0 spiro atoms. The Morgan fingerprint density at radius 3 is 2.27 bits per heavy atom. The van der Waals surface area contributed by atoms with Crippen LogP contribution < -0.4 is 20.1 Å². The van der Waals surface area contributed by atoms with E-state index in [1.54, 1.807) is 30.7 Å². The number of carbonyl (C=O) groups excluding carboxylic acids is 3. The van der Waals surface area contributed by atoms with E-state index >= 15 is 0 Å². The first kappa shape index (κ1) is 23.5. The molecule has 2 N–H and O–H groups in total. The highest BCUT2D eigenvalue weighted by Crippen LogP contribution is 2.32. The van der Waals surface area contributed by atoms with E-state index in [1.165, 1.54) is 50.9 Å². The van der Waals surface area contributed by atoms with Gasteiger partial charge in [-0.3, -0.25) is 4.79 Å².